The van der Waals surface area contributed by atoms with Gasteiger partial charge < -0.3 is 19.8 Å². The average molecular weight is 504 g/mol. The normalized spacial score (nSPS) is 15.3. The van der Waals surface area contributed by atoms with E-state index in [2.05, 4.69) is 31.2 Å². The van der Waals surface area contributed by atoms with E-state index in [0.29, 0.717) is 18.4 Å². The summed E-state index contributed by atoms with van der Waals surface area (Å²) >= 11 is 0. The average Bonchev–Trinajstić information content (AvgIpc) is 3.19. The summed E-state index contributed by atoms with van der Waals surface area (Å²) in [7, 11) is -4.78. The standard InChI is InChI=1S/C27H38NO6P/c1-2-3-4-5-6-7-10-22-13-15-23(16-14-22)17-18-27(20-29,21-34-35(31,32)33)28-19-24-11-8-9-12-25(24)26(28)30/h8-9,11-16,29H,2-7,10,17-21H2,1H3,(H2,31,32,33)/t27-/m1/s1. The number of aliphatic hydroxyl groups excluding tert-OH is 1. The quantitative estimate of drug-likeness (QED) is 0.233. The lowest BCUT2D eigenvalue weighted by atomic mass is 9.90. The number of unbranched alkanes of at least 4 members (excludes halogenated alkanes) is 5. The summed E-state index contributed by atoms with van der Waals surface area (Å²) in [5.74, 6) is -0.266. The van der Waals surface area contributed by atoms with Gasteiger partial charge in [-0.15, -0.1) is 0 Å². The molecular formula is C27H38NO6P. The van der Waals surface area contributed by atoms with Crippen LogP contribution in [0.5, 0.6) is 0 Å². The van der Waals surface area contributed by atoms with Crippen LogP contribution in [0.2, 0.25) is 0 Å². The molecule has 0 aliphatic carbocycles. The Bertz CT molecular complexity index is 1000. The van der Waals surface area contributed by atoms with Gasteiger partial charge in [-0.1, -0.05) is 81.5 Å². The number of fused-ring (bicyclic) bond motifs is 1. The van der Waals surface area contributed by atoms with Gasteiger partial charge in [0.1, 0.15) is 0 Å². The number of aliphatic hydroxyl groups is 1. The first-order valence-corrected chi connectivity index (χ1v) is 14.1. The van der Waals surface area contributed by atoms with Gasteiger partial charge in [0.25, 0.3) is 5.91 Å². The van der Waals surface area contributed by atoms with E-state index in [1.807, 2.05) is 12.1 Å². The Morgan fingerprint density at radius 1 is 0.943 bits per heavy atom. The Morgan fingerprint density at radius 3 is 2.20 bits per heavy atom. The molecule has 0 radical (unpaired) electrons. The van der Waals surface area contributed by atoms with E-state index in [1.54, 1.807) is 12.1 Å². The molecule has 2 aromatic carbocycles. The monoisotopic (exact) mass is 503 g/mol. The fraction of sp³-hybridized carbons (Fsp3) is 0.519. The number of phosphoric acid groups is 1. The van der Waals surface area contributed by atoms with Crippen LogP contribution in [0.1, 0.15) is 78.9 Å². The molecule has 0 aromatic heterocycles. The third-order valence-corrected chi connectivity index (χ3v) is 7.38. The van der Waals surface area contributed by atoms with E-state index in [9.17, 15) is 24.3 Å². The van der Waals surface area contributed by atoms with Crippen molar-refractivity contribution in [2.75, 3.05) is 13.2 Å². The zero-order valence-electron chi connectivity index (χ0n) is 20.6. The van der Waals surface area contributed by atoms with Gasteiger partial charge in [-0.25, -0.2) is 4.57 Å². The topological polar surface area (TPSA) is 107 Å². The molecule has 1 atom stereocenters. The van der Waals surface area contributed by atoms with Gasteiger partial charge in [0, 0.05) is 12.1 Å². The minimum absolute atomic E-state index is 0.261. The molecular weight excluding hydrogens is 465 g/mol. The molecule has 192 valence electrons. The van der Waals surface area contributed by atoms with Gasteiger partial charge in [0.15, 0.2) is 0 Å². The van der Waals surface area contributed by atoms with Crippen LogP contribution in [0.15, 0.2) is 48.5 Å². The highest BCUT2D eigenvalue weighted by Crippen LogP contribution is 2.40. The molecule has 3 rings (SSSR count). The molecule has 2 aromatic rings. The SMILES string of the molecule is CCCCCCCCc1ccc(CC[C@@](CO)(COP(=O)(O)O)N2Cc3ccccc3C2=O)cc1. The molecule has 35 heavy (non-hydrogen) atoms. The lowest BCUT2D eigenvalue weighted by Crippen LogP contribution is -2.55. The summed E-state index contributed by atoms with van der Waals surface area (Å²) in [4.78, 5) is 33.3. The number of benzene rings is 2. The van der Waals surface area contributed by atoms with Crippen molar-refractivity contribution in [2.45, 2.75) is 76.8 Å². The Morgan fingerprint density at radius 2 is 1.57 bits per heavy atom. The summed E-state index contributed by atoms with van der Waals surface area (Å²) < 4.78 is 16.3. The highest BCUT2D eigenvalue weighted by molar-refractivity contribution is 7.46. The summed E-state index contributed by atoms with van der Waals surface area (Å²) in [6.45, 7) is 1.56. The highest BCUT2D eigenvalue weighted by Gasteiger charge is 2.44. The summed E-state index contributed by atoms with van der Waals surface area (Å²) in [5, 5.41) is 10.4. The molecule has 3 N–H and O–H groups in total. The number of amides is 1. The van der Waals surface area contributed by atoms with Crippen LogP contribution in [0, 0.1) is 0 Å². The van der Waals surface area contributed by atoms with E-state index in [0.717, 1.165) is 17.5 Å². The fourth-order valence-electron chi connectivity index (χ4n) is 4.70. The molecule has 1 heterocycles. The highest BCUT2D eigenvalue weighted by atomic mass is 31.2. The van der Waals surface area contributed by atoms with Gasteiger partial charge in [-0.05, 0) is 48.4 Å². The molecule has 0 saturated carbocycles. The van der Waals surface area contributed by atoms with E-state index < -0.39 is 26.6 Å². The molecule has 1 amide bonds. The maximum Gasteiger partial charge on any atom is 0.469 e. The van der Waals surface area contributed by atoms with Crippen LogP contribution >= 0.6 is 7.82 Å². The summed E-state index contributed by atoms with van der Waals surface area (Å²) in [6, 6.07) is 15.5. The largest absolute Gasteiger partial charge is 0.469 e. The van der Waals surface area contributed by atoms with Crippen molar-refractivity contribution in [3.63, 3.8) is 0 Å². The number of aryl methyl sites for hydroxylation is 2. The lowest BCUT2D eigenvalue weighted by Gasteiger charge is -2.40. The fourth-order valence-corrected chi connectivity index (χ4v) is 5.10. The minimum Gasteiger partial charge on any atom is -0.394 e. The number of hydrogen-bond donors (Lipinski definition) is 3. The number of rotatable bonds is 15. The number of nitrogens with zero attached hydrogens (tertiary/aromatic N) is 1. The number of hydrogen-bond acceptors (Lipinski definition) is 4. The smallest absolute Gasteiger partial charge is 0.394 e. The van der Waals surface area contributed by atoms with Crippen molar-refractivity contribution in [1.82, 2.24) is 4.90 Å². The van der Waals surface area contributed by atoms with Crippen LogP contribution < -0.4 is 0 Å². The number of carbonyl (C=O) groups is 1. The summed E-state index contributed by atoms with van der Waals surface area (Å²) in [5.41, 5.74) is 2.43. The van der Waals surface area contributed by atoms with Crippen LogP contribution in [0.4, 0.5) is 0 Å². The van der Waals surface area contributed by atoms with Crippen molar-refractivity contribution in [2.24, 2.45) is 0 Å². The van der Waals surface area contributed by atoms with Crippen LogP contribution in [0.25, 0.3) is 0 Å². The van der Waals surface area contributed by atoms with E-state index in [-0.39, 0.29) is 12.5 Å². The molecule has 0 fully saturated rings. The van der Waals surface area contributed by atoms with Gasteiger partial charge in [0.2, 0.25) is 0 Å². The molecule has 7 nitrogen and oxygen atoms in total. The zero-order chi connectivity index (χ0) is 25.3. The van der Waals surface area contributed by atoms with Gasteiger partial charge in [-0.3, -0.25) is 9.32 Å². The van der Waals surface area contributed by atoms with E-state index in [1.165, 1.54) is 49.0 Å². The molecule has 8 heteroatoms. The van der Waals surface area contributed by atoms with Crippen LogP contribution in [-0.2, 0) is 28.5 Å². The second-order valence-corrected chi connectivity index (χ2v) is 10.8. The Balaban J connectivity index is 1.66. The second kappa shape index (κ2) is 12.8. The van der Waals surface area contributed by atoms with Crippen molar-refractivity contribution in [1.29, 1.82) is 0 Å². The van der Waals surface area contributed by atoms with Crippen molar-refractivity contribution >= 4 is 13.7 Å². The van der Waals surface area contributed by atoms with Gasteiger partial charge in [-0.2, -0.15) is 0 Å². The first-order chi connectivity index (χ1) is 16.8. The van der Waals surface area contributed by atoms with Crippen LogP contribution in [0.3, 0.4) is 0 Å². The summed E-state index contributed by atoms with van der Waals surface area (Å²) in [6.07, 6.45) is 9.44. The Kier molecular flexibility index (Phi) is 10.1. The van der Waals surface area contributed by atoms with Gasteiger partial charge in [0.05, 0.1) is 18.8 Å². The maximum atomic E-state index is 13.1. The van der Waals surface area contributed by atoms with Crippen LogP contribution in [-0.4, -0.2) is 44.5 Å². The molecule has 0 bridgehead atoms. The zero-order valence-corrected chi connectivity index (χ0v) is 21.5. The third kappa shape index (κ3) is 7.73. The maximum absolute atomic E-state index is 13.1. The van der Waals surface area contributed by atoms with E-state index >= 15 is 0 Å². The lowest BCUT2D eigenvalue weighted by molar-refractivity contribution is -0.00975. The number of phosphoric ester groups is 1. The Hall–Kier alpha value is -2.02. The Labute approximate surface area is 208 Å². The second-order valence-electron chi connectivity index (χ2n) is 9.53. The first kappa shape index (κ1) is 27.6. The molecule has 1 aliphatic heterocycles. The predicted molar refractivity (Wildman–Crippen MR) is 136 cm³/mol. The predicted octanol–water partition coefficient (Wildman–Crippen LogP) is 5.02. The first-order valence-electron chi connectivity index (χ1n) is 12.6. The van der Waals surface area contributed by atoms with Crippen molar-refractivity contribution < 1.29 is 28.8 Å². The number of carbonyl (C=O) groups excluding carboxylic acids is 1. The van der Waals surface area contributed by atoms with Crippen molar-refractivity contribution in [3.05, 3.63) is 70.8 Å². The van der Waals surface area contributed by atoms with E-state index in [4.69, 9.17) is 4.52 Å². The molecule has 1 aliphatic rings. The molecule has 0 unspecified atom stereocenters. The van der Waals surface area contributed by atoms with Gasteiger partial charge >= 0.3 is 7.82 Å². The third-order valence-electron chi connectivity index (χ3n) is 6.91. The minimum atomic E-state index is -4.78. The van der Waals surface area contributed by atoms with Crippen molar-refractivity contribution in [3.8, 4) is 0 Å². The molecule has 0 saturated heterocycles. The molecule has 0 spiro atoms.